The van der Waals surface area contributed by atoms with Crippen LogP contribution in [0.25, 0.3) is 11.1 Å². The van der Waals surface area contributed by atoms with Gasteiger partial charge in [0.05, 0.1) is 30.4 Å². The molecule has 0 aliphatic rings. The molecule has 3 aromatic rings. The Hall–Kier alpha value is -4.29. The highest BCUT2D eigenvalue weighted by molar-refractivity contribution is 5.71. The SMILES string of the molecule is COC(=O)COc1cc(COc2ccc(C#N)cc2)cc(-c2cccc(C#N)c2)c1. The van der Waals surface area contributed by atoms with E-state index in [1.807, 2.05) is 18.2 Å². The van der Waals surface area contributed by atoms with Crippen LogP contribution in [0.1, 0.15) is 16.7 Å². The zero-order chi connectivity index (χ0) is 21.3. The summed E-state index contributed by atoms with van der Waals surface area (Å²) in [5.41, 5.74) is 3.59. The molecule has 0 amide bonds. The number of nitriles is 2. The maximum Gasteiger partial charge on any atom is 0.343 e. The molecule has 0 aliphatic heterocycles. The van der Waals surface area contributed by atoms with E-state index in [-0.39, 0.29) is 13.2 Å². The first-order valence-electron chi connectivity index (χ1n) is 9.08. The number of hydrogen-bond acceptors (Lipinski definition) is 6. The van der Waals surface area contributed by atoms with E-state index in [1.165, 1.54) is 7.11 Å². The van der Waals surface area contributed by atoms with Crippen molar-refractivity contribution in [2.24, 2.45) is 0 Å². The summed E-state index contributed by atoms with van der Waals surface area (Å²) < 4.78 is 16.0. The van der Waals surface area contributed by atoms with Gasteiger partial charge in [-0.25, -0.2) is 4.79 Å². The van der Waals surface area contributed by atoms with Crippen LogP contribution in [0.15, 0.2) is 66.7 Å². The molecule has 0 radical (unpaired) electrons. The molecule has 148 valence electrons. The summed E-state index contributed by atoms with van der Waals surface area (Å²) in [4.78, 5) is 11.4. The summed E-state index contributed by atoms with van der Waals surface area (Å²) in [7, 11) is 1.30. The maximum atomic E-state index is 11.4. The number of methoxy groups -OCH3 is 1. The third-order valence-corrected chi connectivity index (χ3v) is 4.26. The zero-order valence-corrected chi connectivity index (χ0v) is 16.3. The van der Waals surface area contributed by atoms with Crippen LogP contribution >= 0.6 is 0 Å². The molecular weight excluding hydrogens is 380 g/mol. The topological polar surface area (TPSA) is 92.3 Å². The first-order chi connectivity index (χ1) is 14.6. The number of nitrogens with zero attached hydrogens (tertiary/aromatic N) is 2. The van der Waals surface area contributed by atoms with Crippen LogP contribution in [-0.2, 0) is 16.1 Å². The number of rotatable bonds is 7. The Labute approximate surface area is 174 Å². The standard InChI is InChI=1S/C24H18N2O4/c1-28-24(27)16-30-23-11-19(15-29-22-7-5-17(13-25)6-8-22)10-21(12-23)20-4-2-3-18(9-20)14-26/h2-12H,15-16H2,1H3. The second-order valence-electron chi connectivity index (χ2n) is 6.35. The molecule has 0 N–H and O–H groups in total. The molecule has 3 aromatic carbocycles. The van der Waals surface area contributed by atoms with Gasteiger partial charge in [-0.2, -0.15) is 10.5 Å². The molecule has 0 atom stereocenters. The van der Waals surface area contributed by atoms with E-state index in [2.05, 4.69) is 16.9 Å². The van der Waals surface area contributed by atoms with Crippen molar-refractivity contribution < 1.29 is 19.0 Å². The van der Waals surface area contributed by atoms with Crippen LogP contribution in [0.4, 0.5) is 0 Å². The molecule has 0 aliphatic carbocycles. The lowest BCUT2D eigenvalue weighted by molar-refractivity contribution is -0.142. The van der Waals surface area contributed by atoms with Crippen LogP contribution < -0.4 is 9.47 Å². The summed E-state index contributed by atoms with van der Waals surface area (Å²) in [6.07, 6.45) is 0. The fourth-order valence-corrected chi connectivity index (χ4v) is 2.76. The largest absolute Gasteiger partial charge is 0.489 e. The fourth-order valence-electron chi connectivity index (χ4n) is 2.76. The van der Waals surface area contributed by atoms with Gasteiger partial charge in [-0.1, -0.05) is 12.1 Å². The molecule has 0 fully saturated rings. The Bertz CT molecular complexity index is 1130. The van der Waals surface area contributed by atoms with E-state index in [1.54, 1.807) is 48.5 Å². The number of carbonyl (C=O) groups is 1. The van der Waals surface area contributed by atoms with E-state index in [0.717, 1.165) is 16.7 Å². The maximum absolute atomic E-state index is 11.4. The van der Waals surface area contributed by atoms with Crippen molar-refractivity contribution in [3.05, 3.63) is 83.4 Å². The Balaban J connectivity index is 1.87. The fraction of sp³-hybridized carbons (Fsp3) is 0.125. The second kappa shape index (κ2) is 9.77. The molecule has 0 aromatic heterocycles. The number of ether oxygens (including phenoxy) is 3. The molecule has 6 nitrogen and oxygen atoms in total. The molecule has 0 saturated carbocycles. The summed E-state index contributed by atoms with van der Waals surface area (Å²) >= 11 is 0. The van der Waals surface area contributed by atoms with Gasteiger partial charge < -0.3 is 14.2 Å². The molecule has 6 heteroatoms. The van der Waals surface area contributed by atoms with Crippen molar-refractivity contribution in [3.63, 3.8) is 0 Å². The monoisotopic (exact) mass is 398 g/mol. The number of hydrogen-bond donors (Lipinski definition) is 0. The molecule has 0 spiro atoms. The smallest absolute Gasteiger partial charge is 0.343 e. The van der Waals surface area contributed by atoms with Crippen molar-refractivity contribution in [2.45, 2.75) is 6.61 Å². The summed E-state index contributed by atoms with van der Waals surface area (Å²) in [5.74, 6) is 0.629. The molecular formula is C24H18N2O4. The van der Waals surface area contributed by atoms with Gasteiger partial charge >= 0.3 is 5.97 Å². The Morgan fingerprint density at radius 2 is 1.60 bits per heavy atom. The van der Waals surface area contributed by atoms with Gasteiger partial charge in [0.2, 0.25) is 0 Å². The minimum atomic E-state index is -0.484. The molecule has 0 unspecified atom stereocenters. The highest BCUT2D eigenvalue weighted by Gasteiger charge is 2.09. The van der Waals surface area contributed by atoms with Crippen LogP contribution in [0, 0.1) is 22.7 Å². The number of esters is 1. The first kappa shape index (κ1) is 20.4. The van der Waals surface area contributed by atoms with Crippen LogP contribution in [0.3, 0.4) is 0 Å². The zero-order valence-electron chi connectivity index (χ0n) is 16.3. The predicted molar refractivity (Wildman–Crippen MR) is 110 cm³/mol. The second-order valence-corrected chi connectivity index (χ2v) is 6.35. The van der Waals surface area contributed by atoms with Gasteiger partial charge in [-0.05, 0) is 71.3 Å². The van der Waals surface area contributed by atoms with E-state index in [0.29, 0.717) is 22.6 Å². The lowest BCUT2D eigenvalue weighted by atomic mass is 10.0. The highest BCUT2D eigenvalue weighted by Crippen LogP contribution is 2.28. The van der Waals surface area contributed by atoms with Crippen molar-refractivity contribution in [2.75, 3.05) is 13.7 Å². The molecule has 30 heavy (non-hydrogen) atoms. The van der Waals surface area contributed by atoms with Crippen molar-refractivity contribution >= 4 is 5.97 Å². The van der Waals surface area contributed by atoms with Crippen molar-refractivity contribution in [3.8, 4) is 34.8 Å². The van der Waals surface area contributed by atoms with Crippen molar-refractivity contribution in [1.29, 1.82) is 10.5 Å². The van der Waals surface area contributed by atoms with Gasteiger partial charge in [0.1, 0.15) is 18.1 Å². The van der Waals surface area contributed by atoms with E-state index >= 15 is 0 Å². The lowest BCUT2D eigenvalue weighted by Gasteiger charge is -2.12. The first-order valence-corrected chi connectivity index (χ1v) is 9.08. The van der Waals surface area contributed by atoms with E-state index < -0.39 is 5.97 Å². The average Bonchev–Trinajstić information content (AvgIpc) is 2.81. The lowest BCUT2D eigenvalue weighted by Crippen LogP contribution is -2.12. The molecule has 0 bridgehead atoms. The van der Waals surface area contributed by atoms with Gasteiger partial charge in [-0.3, -0.25) is 0 Å². The Morgan fingerprint density at radius 3 is 2.30 bits per heavy atom. The van der Waals surface area contributed by atoms with Gasteiger partial charge in [0, 0.05) is 0 Å². The minimum Gasteiger partial charge on any atom is -0.489 e. The summed E-state index contributed by atoms with van der Waals surface area (Å²) in [6, 6.07) is 23.8. The van der Waals surface area contributed by atoms with Gasteiger partial charge in [-0.15, -0.1) is 0 Å². The Morgan fingerprint density at radius 1 is 0.833 bits per heavy atom. The van der Waals surface area contributed by atoms with Crippen molar-refractivity contribution in [1.82, 2.24) is 0 Å². The third-order valence-electron chi connectivity index (χ3n) is 4.26. The normalized spacial score (nSPS) is 9.83. The molecule has 0 saturated heterocycles. The molecule has 0 heterocycles. The summed E-state index contributed by atoms with van der Waals surface area (Å²) in [6.45, 7) is 0.0420. The third kappa shape index (κ3) is 5.37. The average molecular weight is 398 g/mol. The number of benzene rings is 3. The van der Waals surface area contributed by atoms with E-state index in [9.17, 15) is 10.1 Å². The van der Waals surface area contributed by atoms with Crippen LogP contribution in [-0.4, -0.2) is 19.7 Å². The summed E-state index contributed by atoms with van der Waals surface area (Å²) in [5, 5.41) is 18.1. The highest BCUT2D eigenvalue weighted by atomic mass is 16.6. The Kier molecular flexibility index (Phi) is 6.66. The van der Waals surface area contributed by atoms with Gasteiger partial charge in [0.25, 0.3) is 0 Å². The minimum absolute atomic E-state index is 0.214. The predicted octanol–water partition coefficient (Wildman–Crippen LogP) is 4.23. The quantitative estimate of drug-likeness (QED) is 0.553. The van der Waals surface area contributed by atoms with Crippen LogP contribution in [0.2, 0.25) is 0 Å². The van der Waals surface area contributed by atoms with Crippen LogP contribution in [0.5, 0.6) is 11.5 Å². The number of carbonyl (C=O) groups excluding carboxylic acids is 1. The molecule has 3 rings (SSSR count). The van der Waals surface area contributed by atoms with Gasteiger partial charge in [0.15, 0.2) is 6.61 Å². The van der Waals surface area contributed by atoms with E-state index in [4.69, 9.17) is 14.7 Å².